The summed E-state index contributed by atoms with van der Waals surface area (Å²) in [5.41, 5.74) is 2.77. The Labute approximate surface area is 262 Å². The van der Waals surface area contributed by atoms with Crippen LogP contribution in [0.1, 0.15) is 85.5 Å². The largest absolute Gasteiger partial charge is 0.379 e. The van der Waals surface area contributed by atoms with E-state index < -0.39 is 0 Å². The fraction of sp³-hybridized carbons (Fsp3) is 0.946. The van der Waals surface area contributed by atoms with Crippen LogP contribution in [-0.4, -0.2) is 90.6 Å². The van der Waals surface area contributed by atoms with Crippen LogP contribution in [0.5, 0.6) is 0 Å². The van der Waals surface area contributed by atoms with Gasteiger partial charge in [0.05, 0.1) is 66.1 Å². The van der Waals surface area contributed by atoms with E-state index in [9.17, 15) is 0 Å². The minimum Gasteiger partial charge on any atom is -0.379 e. The highest BCUT2D eigenvalue weighted by Gasteiger charge is 2.67. The van der Waals surface area contributed by atoms with Crippen LogP contribution in [-0.2, 0) is 23.7 Å². The third-order valence-electron chi connectivity index (χ3n) is 13.3. The molecule has 0 aromatic rings. The van der Waals surface area contributed by atoms with Gasteiger partial charge in [-0.15, -0.1) is 0 Å². The smallest absolute Gasteiger partial charge is 0.0701 e. The Bertz CT molecular complexity index is 934. The summed E-state index contributed by atoms with van der Waals surface area (Å²) in [7, 11) is 0. The lowest BCUT2D eigenvalue weighted by Gasteiger charge is -2.70. The van der Waals surface area contributed by atoms with Gasteiger partial charge in [0.2, 0.25) is 0 Å². The quantitative estimate of drug-likeness (QED) is 0.339. The minimum atomic E-state index is 0.213. The highest BCUT2D eigenvalue weighted by atomic mass is 16.6. The van der Waals surface area contributed by atoms with Gasteiger partial charge in [0.15, 0.2) is 0 Å². The van der Waals surface area contributed by atoms with Crippen molar-refractivity contribution in [2.45, 2.75) is 85.5 Å². The van der Waals surface area contributed by atoms with Crippen molar-refractivity contribution < 1.29 is 23.7 Å². The minimum absolute atomic E-state index is 0.213. The maximum atomic E-state index is 6.55. The first-order valence-electron chi connectivity index (χ1n) is 18.2. The molecular formula is C37H63NO5. The van der Waals surface area contributed by atoms with Crippen LogP contribution < -0.4 is 0 Å². The zero-order valence-corrected chi connectivity index (χ0v) is 28.1. The fourth-order valence-electron chi connectivity index (χ4n) is 11.5. The zero-order chi connectivity index (χ0) is 29.9. The van der Waals surface area contributed by atoms with Gasteiger partial charge in [-0.25, -0.2) is 0 Å². The van der Waals surface area contributed by atoms with E-state index in [2.05, 4.69) is 38.7 Å². The Morgan fingerprint density at radius 3 is 2.02 bits per heavy atom. The van der Waals surface area contributed by atoms with Crippen LogP contribution in [0.4, 0.5) is 0 Å². The predicted octanol–water partition coefficient (Wildman–Crippen LogP) is 6.63. The molecule has 0 unspecified atom stereocenters. The van der Waals surface area contributed by atoms with Crippen molar-refractivity contribution in [3.63, 3.8) is 0 Å². The number of allylic oxidation sites excluding steroid dienone is 2. The number of nitrogens with zero attached hydrogens (tertiary/aromatic N) is 1. The average molecular weight is 602 g/mol. The molecule has 2 aliphatic heterocycles. The third kappa shape index (κ3) is 6.54. The SMILES string of the molecule is CC(C)C1=C[C@]23CC[C@H]4[C@](C)(CN5CCCCC5)CCC[C@]4(C)[C@H]2C[C@H]1[C@H]1COCCOCCOCCOCCOC[C@H]13. The molecule has 2 saturated heterocycles. The number of fused-ring (bicyclic) bond motifs is 1. The molecule has 6 heteroatoms. The van der Waals surface area contributed by atoms with Crippen LogP contribution in [0.25, 0.3) is 0 Å². The molecule has 0 radical (unpaired) electrons. The van der Waals surface area contributed by atoms with Crippen LogP contribution in [0.3, 0.4) is 0 Å². The summed E-state index contributed by atoms with van der Waals surface area (Å²) in [6, 6.07) is 0. The summed E-state index contributed by atoms with van der Waals surface area (Å²) in [6.45, 7) is 20.9. The first-order chi connectivity index (χ1) is 20.9. The highest BCUT2D eigenvalue weighted by Crippen LogP contribution is 2.73. The lowest BCUT2D eigenvalue weighted by molar-refractivity contribution is -0.202. The molecule has 6 nitrogen and oxygen atoms in total. The Kier molecular flexibility index (Phi) is 10.6. The van der Waals surface area contributed by atoms with Crippen LogP contribution in [0.2, 0.25) is 0 Å². The Morgan fingerprint density at radius 2 is 1.37 bits per heavy atom. The Balaban J connectivity index is 1.28. The van der Waals surface area contributed by atoms with E-state index in [-0.39, 0.29) is 5.41 Å². The lowest BCUT2D eigenvalue weighted by atomic mass is 9.34. The molecule has 43 heavy (non-hydrogen) atoms. The molecular weight excluding hydrogens is 538 g/mol. The van der Waals surface area contributed by atoms with Gasteiger partial charge in [-0.1, -0.05) is 52.2 Å². The summed E-state index contributed by atoms with van der Waals surface area (Å²) in [5, 5.41) is 0. The second-order valence-electron chi connectivity index (χ2n) is 16.0. The van der Waals surface area contributed by atoms with Gasteiger partial charge in [-0.3, -0.25) is 0 Å². The molecule has 2 bridgehead atoms. The maximum Gasteiger partial charge on any atom is 0.0701 e. The standard InChI is InChI=1S/C37H63NO5/c1-28(2)30-24-37-12-9-33-35(3,27-38-13-6-5-7-14-38)10-8-11-36(33,4)34(37)23-29(30)31-25-42-21-19-40-17-15-39-16-18-41-20-22-43-26-32(31)37/h24,28-29,31-34H,5-23,25-27H2,1-4H3/t29-,31-,32-,33+,34-,35+,36+,37+/m1/s1. The van der Waals surface area contributed by atoms with Gasteiger partial charge in [0.1, 0.15) is 0 Å². The molecule has 0 aromatic carbocycles. The number of hydrogen-bond donors (Lipinski definition) is 0. The van der Waals surface area contributed by atoms with Crippen molar-refractivity contribution in [3.05, 3.63) is 11.6 Å². The van der Waals surface area contributed by atoms with Crippen molar-refractivity contribution in [1.82, 2.24) is 4.90 Å². The third-order valence-corrected chi connectivity index (χ3v) is 13.3. The fourth-order valence-corrected chi connectivity index (χ4v) is 11.5. The summed E-state index contributed by atoms with van der Waals surface area (Å²) in [4.78, 5) is 2.84. The van der Waals surface area contributed by atoms with E-state index in [1.54, 1.807) is 5.57 Å². The van der Waals surface area contributed by atoms with Crippen molar-refractivity contribution in [2.75, 3.05) is 85.7 Å². The first-order valence-corrected chi connectivity index (χ1v) is 18.2. The van der Waals surface area contributed by atoms with E-state index in [1.165, 1.54) is 77.4 Å². The summed E-state index contributed by atoms with van der Waals surface area (Å²) in [6.07, 6.45) is 15.3. The molecule has 7 aliphatic rings. The number of ether oxygens (including phenoxy) is 5. The summed E-state index contributed by atoms with van der Waals surface area (Å²) in [5.74, 6) is 3.77. The molecule has 246 valence electrons. The van der Waals surface area contributed by atoms with Gasteiger partial charge in [0, 0.05) is 6.54 Å². The van der Waals surface area contributed by atoms with Crippen LogP contribution >= 0.6 is 0 Å². The van der Waals surface area contributed by atoms with E-state index in [1.807, 2.05) is 0 Å². The molecule has 0 N–H and O–H groups in total. The zero-order valence-electron chi connectivity index (χ0n) is 28.1. The Morgan fingerprint density at radius 1 is 0.744 bits per heavy atom. The molecule has 3 saturated carbocycles. The van der Waals surface area contributed by atoms with Crippen molar-refractivity contribution in [1.29, 1.82) is 0 Å². The monoisotopic (exact) mass is 601 g/mol. The summed E-state index contributed by atoms with van der Waals surface area (Å²) >= 11 is 0. The number of rotatable bonds is 3. The van der Waals surface area contributed by atoms with Crippen molar-refractivity contribution in [3.8, 4) is 0 Å². The topological polar surface area (TPSA) is 49.4 Å². The Hall–Kier alpha value is -0.500. The van der Waals surface area contributed by atoms with Crippen molar-refractivity contribution in [2.24, 2.45) is 51.8 Å². The number of hydrogen-bond acceptors (Lipinski definition) is 6. The first kappa shape index (κ1) is 32.4. The normalized spacial score (nSPS) is 44.1. The van der Waals surface area contributed by atoms with Gasteiger partial charge >= 0.3 is 0 Å². The van der Waals surface area contributed by atoms with E-state index >= 15 is 0 Å². The second-order valence-corrected chi connectivity index (χ2v) is 16.0. The van der Waals surface area contributed by atoms with E-state index in [0.717, 1.165) is 25.0 Å². The van der Waals surface area contributed by atoms with Crippen LogP contribution in [0, 0.1) is 51.8 Å². The highest BCUT2D eigenvalue weighted by molar-refractivity contribution is 5.31. The lowest BCUT2D eigenvalue weighted by Crippen LogP contribution is -2.65. The maximum absolute atomic E-state index is 6.55. The van der Waals surface area contributed by atoms with E-state index in [4.69, 9.17) is 23.7 Å². The van der Waals surface area contributed by atoms with Crippen molar-refractivity contribution >= 4 is 0 Å². The average Bonchev–Trinajstić information content (AvgIpc) is 2.99. The molecule has 5 aliphatic carbocycles. The molecule has 2 heterocycles. The molecule has 7 rings (SSSR count). The van der Waals surface area contributed by atoms with Gasteiger partial charge < -0.3 is 28.6 Å². The van der Waals surface area contributed by atoms with Gasteiger partial charge in [-0.05, 0) is 110 Å². The van der Waals surface area contributed by atoms with Crippen LogP contribution in [0.15, 0.2) is 11.6 Å². The number of likely N-dealkylation sites (tertiary alicyclic amines) is 1. The molecule has 0 amide bonds. The molecule has 0 aromatic heterocycles. The number of piperidine rings is 1. The van der Waals surface area contributed by atoms with Gasteiger partial charge in [0.25, 0.3) is 0 Å². The molecule has 5 fully saturated rings. The predicted molar refractivity (Wildman–Crippen MR) is 171 cm³/mol. The molecule has 1 spiro atoms. The van der Waals surface area contributed by atoms with Gasteiger partial charge in [-0.2, -0.15) is 0 Å². The van der Waals surface area contributed by atoms with E-state index in [0.29, 0.717) is 87.4 Å². The summed E-state index contributed by atoms with van der Waals surface area (Å²) < 4.78 is 30.3. The molecule has 8 atom stereocenters. The second kappa shape index (κ2) is 14.1.